The minimum Gasteiger partial charge on any atom is -0.508 e. The number of rotatable bonds is 9. The molecule has 0 unspecified atom stereocenters. The maximum absolute atomic E-state index is 13.7. The second kappa shape index (κ2) is 11.2. The third kappa shape index (κ3) is 6.21. The number of hydrogen-bond acceptors (Lipinski definition) is 5. The van der Waals surface area contributed by atoms with Crippen molar-refractivity contribution in [3.8, 4) is 11.4 Å². The van der Waals surface area contributed by atoms with Crippen LogP contribution in [0.4, 0.5) is 10.2 Å². The van der Waals surface area contributed by atoms with Crippen molar-refractivity contribution < 1.29 is 9.50 Å². The number of anilines is 1. The first-order chi connectivity index (χ1) is 16.8. The normalized spacial score (nSPS) is 14.9. The summed E-state index contributed by atoms with van der Waals surface area (Å²) in [7, 11) is 0. The van der Waals surface area contributed by atoms with Gasteiger partial charge in [0.25, 0.3) is 0 Å². The average molecular weight is 480 g/mol. The molecule has 4 rings (SSSR count). The van der Waals surface area contributed by atoms with Crippen LogP contribution in [0.3, 0.4) is 0 Å². The summed E-state index contributed by atoms with van der Waals surface area (Å²) in [5, 5.41) is 14.7. The summed E-state index contributed by atoms with van der Waals surface area (Å²) >= 11 is 0. The van der Waals surface area contributed by atoms with E-state index in [-0.39, 0.29) is 11.6 Å². The van der Waals surface area contributed by atoms with Crippen molar-refractivity contribution in [2.24, 2.45) is 5.92 Å². The maximum Gasteiger partial charge on any atom is 0.137 e. The van der Waals surface area contributed by atoms with Crippen molar-refractivity contribution in [1.82, 2.24) is 19.6 Å². The molecule has 1 fully saturated rings. The molecule has 0 spiro atoms. The molecular formula is C28H38FN5O. The van der Waals surface area contributed by atoms with Crippen LogP contribution in [0.1, 0.15) is 37.6 Å². The molecule has 2 heterocycles. The van der Waals surface area contributed by atoms with Crippen molar-refractivity contribution in [2.75, 3.05) is 44.2 Å². The van der Waals surface area contributed by atoms with E-state index in [4.69, 9.17) is 5.10 Å². The SMILES string of the molecule is CCN1CCN(c2c(CN(Cc3ccc(O)cc3)CC(C)C)c(C)nn2-c2ccc(F)cc2)CC1. The second-order valence-electron chi connectivity index (χ2n) is 9.93. The van der Waals surface area contributed by atoms with Crippen LogP contribution < -0.4 is 4.90 Å². The summed E-state index contributed by atoms with van der Waals surface area (Å²) in [5.74, 6) is 1.67. The molecule has 0 bridgehead atoms. The number of nitrogens with zero attached hydrogens (tertiary/aromatic N) is 5. The molecule has 2 aromatic carbocycles. The van der Waals surface area contributed by atoms with Crippen molar-refractivity contribution in [2.45, 2.75) is 40.8 Å². The van der Waals surface area contributed by atoms with Gasteiger partial charge in [0.15, 0.2) is 0 Å². The number of aromatic hydroxyl groups is 1. The van der Waals surface area contributed by atoms with E-state index in [1.54, 1.807) is 24.3 Å². The third-order valence-electron chi connectivity index (χ3n) is 6.70. The Balaban J connectivity index is 1.69. The van der Waals surface area contributed by atoms with Crippen LogP contribution in [0.25, 0.3) is 5.69 Å². The Labute approximate surface area is 208 Å². The highest BCUT2D eigenvalue weighted by molar-refractivity contribution is 5.56. The summed E-state index contributed by atoms with van der Waals surface area (Å²) in [6.45, 7) is 16.3. The Morgan fingerprint density at radius 2 is 1.63 bits per heavy atom. The Hall–Kier alpha value is -2.90. The van der Waals surface area contributed by atoms with E-state index in [1.165, 1.54) is 23.3 Å². The number of phenols is 1. The van der Waals surface area contributed by atoms with Gasteiger partial charge in [0.2, 0.25) is 0 Å². The number of likely N-dealkylation sites (N-methyl/N-ethyl adjacent to an activating group) is 1. The lowest BCUT2D eigenvalue weighted by Crippen LogP contribution is -2.47. The summed E-state index contributed by atoms with van der Waals surface area (Å²) in [4.78, 5) is 7.37. The van der Waals surface area contributed by atoms with Gasteiger partial charge < -0.3 is 14.9 Å². The van der Waals surface area contributed by atoms with E-state index >= 15 is 0 Å². The number of hydrogen-bond donors (Lipinski definition) is 1. The molecule has 0 aliphatic carbocycles. The van der Waals surface area contributed by atoms with Crippen LogP contribution in [0.2, 0.25) is 0 Å². The van der Waals surface area contributed by atoms with E-state index in [9.17, 15) is 9.50 Å². The van der Waals surface area contributed by atoms with Crippen LogP contribution in [-0.4, -0.2) is 64.0 Å². The van der Waals surface area contributed by atoms with Gasteiger partial charge in [-0.05, 0) is 61.3 Å². The fraction of sp³-hybridized carbons (Fsp3) is 0.464. The van der Waals surface area contributed by atoms with E-state index < -0.39 is 0 Å². The van der Waals surface area contributed by atoms with E-state index in [2.05, 4.69) is 42.4 Å². The van der Waals surface area contributed by atoms with E-state index in [0.717, 1.165) is 69.6 Å². The largest absolute Gasteiger partial charge is 0.508 e. The lowest BCUT2D eigenvalue weighted by molar-refractivity contribution is 0.226. The van der Waals surface area contributed by atoms with Crippen LogP contribution in [-0.2, 0) is 13.1 Å². The van der Waals surface area contributed by atoms with Gasteiger partial charge in [-0.2, -0.15) is 5.10 Å². The molecule has 7 heteroatoms. The van der Waals surface area contributed by atoms with Crippen LogP contribution in [0.5, 0.6) is 5.75 Å². The molecule has 0 amide bonds. The molecule has 0 atom stereocenters. The minimum atomic E-state index is -0.243. The van der Waals surface area contributed by atoms with Gasteiger partial charge >= 0.3 is 0 Å². The van der Waals surface area contributed by atoms with Gasteiger partial charge in [-0.1, -0.05) is 32.9 Å². The number of aryl methyl sites for hydroxylation is 1. The maximum atomic E-state index is 13.7. The molecule has 1 aliphatic heterocycles. The van der Waals surface area contributed by atoms with Gasteiger partial charge in [0, 0.05) is 51.4 Å². The van der Waals surface area contributed by atoms with Gasteiger partial charge in [0.05, 0.1) is 11.4 Å². The zero-order valence-electron chi connectivity index (χ0n) is 21.4. The van der Waals surface area contributed by atoms with Crippen molar-refractivity contribution in [1.29, 1.82) is 0 Å². The molecule has 3 aromatic rings. The fourth-order valence-electron chi connectivity index (χ4n) is 4.88. The van der Waals surface area contributed by atoms with Gasteiger partial charge in [-0.3, -0.25) is 4.90 Å². The Morgan fingerprint density at radius 3 is 2.23 bits per heavy atom. The van der Waals surface area contributed by atoms with Crippen molar-refractivity contribution >= 4 is 5.82 Å². The summed E-state index contributed by atoms with van der Waals surface area (Å²) in [5.41, 5.74) is 4.27. The molecule has 188 valence electrons. The van der Waals surface area contributed by atoms with Gasteiger partial charge in [0.1, 0.15) is 17.4 Å². The monoisotopic (exact) mass is 479 g/mol. The molecule has 35 heavy (non-hydrogen) atoms. The van der Waals surface area contributed by atoms with Crippen LogP contribution in [0, 0.1) is 18.7 Å². The lowest BCUT2D eigenvalue weighted by atomic mass is 10.1. The minimum absolute atomic E-state index is 0.243. The van der Waals surface area contributed by atoms with Gasteiger partial charge in [-0.15, -0.1) is 0 Å². The summed E-state index contributed by atoms with van der Waals surface area (Å²) < 4.78 is 15.7. The predicted molar refractivity (Wildman–Crippen MR) is 140 cm³/mol. The highest BCUT2D eigenvalue weighted by atomic mass is 19.1. The zero-order valence-corrected chi connectivity index (χ0v) is 21.4. The second-order valence-corrected chi connectivity index (χ2v) is 9.93. The number of aromatic nitrogens is 2. The van der Waals surface area contributed by atoms with Gasteiger partial charge in [-0.25, -0.2) is 9.07 Å². The molecular weight excluding hydrogens is 441 g/mol. The van der Waals surface area contributed by atoms with E-state index in [0.29, 0.717) is 5.92 Å². The first-order valence-corrected chi connectivity index (χ1v) is 12.7. The number of benzene rings is 2. The molecule has 0 saturated carbocycles. The molecule has 1 saturated heterocycles. The predicted octanol–water partition coefficient (Wildman–Crippen LogP) is 4.83. The highest BCUT2D eigenvalue weighted by Gasteiger charge is 2.26. The Bertz CT molecular complexity index is 1090. The highest BCUT2D eigenvalue weighted by Crippen LogP contribution is 2.30. The fourth-order valence-corrected chi connectivity index (χ4v) is 4.88. The van der Waals surface area contributed by atoms with E-state index in [1.807, 2.05) is 16.8 Å². The number of piperazine rings is 1. The van der Waals surface area contributed by atoms with Crippen LogP contribution in [0.15, 0.2) is 48.5 Å². The smallest absolute Gasteiger partial charge is 0.137 e. The average Bonchev–Trinajstić information content (AvgIpc) is 3.16. The van der Waals surface area contributed by atoms with Crippen LogP contribution >= 0.6 is 0 Å². The first-order valence-electron chi connectivity index (χ1n) is 12.7. The zero-order chi connectivity index (χ0) is 24.9. The quantitative estimate of drug-likeness (QED) is 0.477. The molecule has 0 radical (unpaired) electrons. The first kappa shape index (κ1) is 25.2. The summed E-state index contributed by atoms with van der Waals surface area (Å²) in [6, 6.07) is 14.1. The number of halogens is 1. The Morgan fingerprint density at radius 1 is 0.971 bits per heavy atom. The van der Waals surface area contributed by atoms with Crippen molar-refractivity contribution in [3.05, 3.63) is 71.2 Å². The molecule has 1 aromatic heterocycles. The lowest BCUT2D eigenvalue weighted by Gasteiger charge is -2.36. The topological polar surface area (TPSA) is 47.8 Å². The molecule has 6 nitrogen and oxygen atoms in total. The Kier molecular flexibility index (Phi) is 8.08. The van der Waals surface area contributed by atoms with Crippen molar-refractivity contribution in [3.63, 3.8) is 0 Å². The standard InChI is InChI=1S/C28H38FN5O/c1-5-31-14-16-33(17-15-31)28-27(22(4)30-34(28)25-10-8-24(29)9-11-25)20-32(18-21(2)3)19-23-6-12-26(35)13-7-23/h6-13,21,35H,5,14-20H2,1-4H3. The third-order valence-corrected chi connectivity index (χ3v) is 6.70. The molecule has 1 N–H and O–H groups in total. The summed E-state index contributed by atoms with van der Waals surface area (Å²) in [6.07, 6.45) is 0. The molecule has 1 aliphatic rings. The number of phenolic OH excluding ortho intramolecular Hbond substituents is 1.